The first-order chi connectivity index (χ1) is 14.6. The third-order valence-electron chi connectivity index (χ3n) is 5.87. The first-order valence-corrected chi connectivity index (χ1v) is 10.4. The molecule has 1 saturated heterocycles. The molecule has 2 aromatic heterocycles. The molecule has 0 radical (unpaired) electrons. The van der Waals surface area contributed by atoms with Crippen LogP contribution in [0.3, 0.4) is 0 Å². The Morgan fingerprint density at radius 2 is 1.93 bits per heavy atom. The van der Waals surface area contributed by atoms with Gasteiger partial charge in [0.2, 0.25) is 0 Å². The van der Waals surface area contributed by atoms with E-state index in [1.165, 1.54) is 10.6 Å². The maximum Gasteiger partial charge on any atom is 0.313 e. The molecule has 7 nitrogen and oxygen atoms in total. The van der Waals surface area contributed by atoms with E-state index in [-0.39, 0.29) is 0 Å². The molecule has 2 N–H and O–H groups in total. The van der Waals surface area contributed by atoms with Crippen LogP contribution in [0.4, 0.5) is 11.4 Å². The Morgan fingerprint density at radius 3 is 2.70 bits per heavy atom. The Bertz CT molecular complexity index is 1010. The summed E-state index contributed by atoms with van der Waals surface area (Å²) in [6.45, 7) is 2.60. The molecule has 2 amide bonds. The van der Waals surface area contributed by atoms with Crippen molar-refractivity contribution < 1.29 is 9.59 Å². The summed E-state index contributed by atoms with van der Waals surface area (Å²) in [6.07, 6.45) is 8.58. The zero-order valence-electron chi connectivity index (χ0n) is 17.2. The van der Waals surface area contributed by atoms with Crippen molar-refractivity contribution in [1.82, 2.24) is 14.9 Å². The number of likely N-dealkylation sites (N-methyl/N-ethyl adjacent to an activating group) is 1. The Kier molecular flexibility index (Phi) is 5.97. The van der Waals surface area contributed by atoms with Crippen molar-refractivity contribution in [3.63, 3.8) is 0 Å². The highest BCUT2D eigenvalue weighted by Crippen LogP contribution is 2.25. The number of hydrogen-bond acceptors (Lipinski definition) is 4. The molecule has 1 aliphatic rings. The standard InChI is InChI=1S/C23H27N5O2/c1-27(13-7-17-8-14-28(15-9-17)20-5-10-24-11-6-20)23(30)22(29)26-19-3-2-18-4-12-25-21(18)16-19/h2-6,10-12,16-17,25H,7-9,13-15H2,1H3,(H,26,29). The second-order valence-electron chi connectivity index (χ2n) is 7.89. The van der Waals surface area contributed by atoms with E-state index >= 15 is 0 Å². The van der Waals surface area contributed by atoms with Gasteiger partial charge in [-0.25, -0.2) is 0 Å². The number of aromatic amines is 1. The lowest BCUT2D eigenvalue weighted by atomic mass is 9.93. The maximum atomic E-state index is 12.5. The van der Waals surface area contributed by atoms with Crippen molar-refractivity contribution in [2.24, 2.45) is 5.92 Å². The van der Waals surface area contributed by atoms with E-state index < -0.39 is 11.8 Å². The average Bonchev–Trinajstić information content (AvgIpc) is 3.26. The lowest BCUT2D eigenvalue weighted by molar-refractivity contribution is -0.142. The Labute approximate surface area is 176 Å². The van der Waals surface area contributed by atoms with Crippen LogP contribution in [0.25, 0.3) is 10.9 Å². The van der Waals surface area contributed by atoms with Gasteiger partial charge >= 0.3 is 11.8 Å². The molecule has 4 rings (SSSR count). The zero-order chi connectivity index (χ0) is 20.9. The third kappa shape index (κ3) is 4.62. The van der Waals surface area contributed by atoms with Gasteiger partial charge in [-0.2, -0.15) is 0 Å². The number of anilines is 2. The lowest BCUT2D eigenvalue weighted by Crippen LogP contribution is -2.39. The largest absolute Gasteiger partial charge is 0.371 e. The normalized spacial score (nSPS) is 14.6. The summed E-state index contributed by atoms with van der Waals surface area (Å²) in [7, 11) is 1.70. The molecule has 1 aromatic carbocycles. The number of fused-ring (bicyclic) bond motifs is 1. The molecule has 3 heterocycles. The molecule has 1 fully saturated rings. The number of pyridine rings is 1. The highest BCUT2D eigenvalue weighted by atomic mass is 16.2. The van der Waals surface area contributed by atoms with Crippen LogP contribution in [0.5, 0.6) is 0 Å². The topological polar surface area (TPSA) is 81.3 Å². The number of benzene rings is 1. The van der Waals surface area contributed by atoms with Crippen LogP contribution in [-0.2, 0) is 9.59 Å². The van der Waals surface area contributed by atoms with Gasteiger partial charge in [0.25, 0.3) is 0 Å². The summed E-state index contributed by atoms with van der Waals surface area (Å²) in [5.74, 6) is -0.539. The van der Waals surface area contributed by atoms with Crippen LogP contribution in [0.2, 0.25) is 0 Å². The minimum Gasteiger partial charge on any atom is -0.371 e. The van der Waals surface area contributed by atoms with Gasteiger partial charge in [0.1, 0.15) is 0 Å². The molecule has 3 aromatic rings. The highest BCUT2D eigenvalue weighted by Gasteiger charge is 2.23. The summed E-state index contributed by atoms with van der Waals surface area (Å²) in [6, 6.07) is 11.6. The Balaban J connectivity index is 1.23. The van der Waals surface area contributed by atoms with Crippen molar-refractivity contribution in [2.45, 2.75) is 19.3 Å². The van der Waals surface area contributed by atoms with E-state index in [1.54, 1.807) is 13.1 Å². The first-order valence-electron chi connectivity index (χ1n) is 10.4. The molecule has 0 bridgehead atoms. The smallest absolute Gasteiger partial charge is 0.313 e. The van der Waals surface area contributed by atoms with Crippen LogP contribution >= 0.6 is 0 Å². The predicted molar refractivity (Wildman–Crippen MR) is 118 cm³/mol. The molecule has 1 aliphatic heterocycles. The fourth-order valence-corrected chi connectivity index (χ4v) is 4.00. The van der Waals surface area contributed by atoms with E-state index in [1.807, 2.05) is 48.9 Å². The first kappa shape index (κ1) is 19.9. The molecule has 0 atom stereocenters. The molecule has 156 valence electrons. The third-order valence-corrected chi connectivity index (χ3v) is 5.87. The van der Waals surface area contributed by atoms with E-state index in [2.05, 4.69) is 20.2 Å². The van der Waals surface area contributed by atoms with E-state index in [4.69, 9.17) is 0 Å². The van der Waals surface area contributed by atoms with Gasteiger partial charge < -0.3 is 20.1 Å². The van der Waals surface area contributed by atoms with Gasteiger partial charge in [-0.05, 0) is 60.9 Å². The second kappa shape index (κ2) is 8.98. The van der Waals surface area contributed by atoms with Gasteiger partial charge in [0, 0.05) is 62.2 Å². The number of aromatic nitrogens is 2. The minimum atomic E-state index is -0.601. The molecule has 0 saturated carbocycles. The minimum absolute atomic E-state index is 0.504. The second-order valence-corrected chi connectivity index (χ2v) is 7.89. The number of piperidine rings is 1. The van der Waals surface area contributed by atoms with Gasteiger partial charge in [-0.15, -0.1) is 0 Å². The number of amides is 2. The van der Waals surface area contributed by atoms with Crippen molar-refractivity contribution in [1.29, 1.82) is 0 Å². The van der Waals surface area contributed by atoms with Crippen molar-refractivity contribution in [2.75, 3.05) is 36.9 Å². The molecule has 0 spiro atoms. The van der Waals surface area contributed by atoms with Crippen molar-refractivity contribution in [3.8, 4) is 0 Å². The summed E-state index contributed by atoms with van der Waals surface area (Å²) < 4.78 is 0. The molecule has 0 aliphatic carbocycles. The highest BCUT2D eigenvalue weighted by molar-refractivity contribution is 6.39. The van der Waals surface area contributed by atoms with Gasteiger partial charge in [-0.3, -0.25) is 14.6 Å². The van der Waals surface area contributed by atoms with Crippen LogP contribution in [-0.4, -0.2) is 53.4 Å². The average molecular weight is 406 g/mol. The summed E-state index contributed by atoms with van der Waals surface area (Å²) in [5.41, 5.74) is 2.75. The monoisotopic (exact) mass is 405 g/mol. The molecular weight excluding hydrogens is 378 g/mol. The van der Waals surface area contributed by atoms with E-state index in [0.717, 1.165) is 43.3 Å². The molecule has 0 unspecified atom stereocenters. The van der Waals surface area contributed by atoms with Crippen LogP contribution in [0.1, 0.15) is 19.3 Å². The number of rotatable bonds is 5. The van der Waals surface area contributed by atoms with Crippen LogP contribution in [0, 0.1) is 5.92 Å². The SMILES string of the molecule is CN(CCC1CCN(c2ccncc2)CC1)C(=O)C(=O)Nc1ccc2cc[nH]c2c1. The molecule has 30 heavy (non-hydrogen) atoms. The summed E-state index contributed by atoms with van der Waals surface area (Å²) in [5, 5.41) is 3.77. The Morgan fingerprint density at radius 1 is 1.17 bits per heavy atom. The summed E-state index contributed by atoms with van der Waals surface area (Å²) >= 11 is 0. The number of carbonyl (C=O) groups excluding carboxylic acids is 2. The molecular formula is C23H27N5O2. The van der Waals surface area contributed by atoms with Crippen LogP contribution < -0.4 is 10.2 Å². The molecule has 7 heteroatoms. The number of nitrogens with one attached hydrogen (secondary N) is 2. The van der Waals surface area contributed by atoms with Crippen molar-refractivity contribution in [3.05, 3.63) is 55.0 Å². The van der Waals surface area contributed by atoms with Crippen LogP contribution in [0.15, 0.2) is 55.0 Å². The van der Waals surface area contributed by atoms with Crippen molar-refractivity contribution >= 4 is 34.1 Å². The number of H-pyrrole nitrogens is 1. The maximum absolute atomic E-state index is 12.5. The predicted octanol–water partition coefficient (Wildman–Crippen LogP) is 3.27. The van der Waals surface area contributed by atoms with Gasteiger partial charge in [0.05, 0.1) is 0 Å². The van der Waals surface area contributed by atoms with Gasteiger partial charge in [-0.1, -0.05) is 6.07 Å². The number of nitrogens with zero attached hydrogens (tertiary/aromatic N) is 3. The lowest BCUT2D eigenvalue weighted by Gasteiger charge is -2.34. The number of carbonyl (C=O) groups is 2. The zero-order valence-corrected chi connectivity index (χ0v) is 17.2. The number of hydrogen-bond donors (Lipinski definition) is 2. The van der Waals surface area contributed by atoms with Gasteiger partial charge in [0.15, 0.2) is 0 Å². The fourth-order valence-electron chi connectivity index (χ4n) is 4.00. The Hall–Kier alpha value is -3.35. The van der Waals surface area contributed by atoms with E-state index in [0.29, 0.717) is 18.2 Å². The fraction of sp³-hybridized carbons (Fsp3) is 0.348. The quantitative estimate of drug-likeness (QED) is 0.639. The summed E-state index contributed by atoms with van der Waals surface area (Å²) in [4.78, 5) is 35.9. The van der Waals surface area contributed by atoms with E-state index in [9.17, 15) is 9.59 Å².